The molecule has 1 fully saturated rings. The van der Waals surface area contributed by atoms with Gasteiger partial charge in [0.05, 0.1) is 12.3 Å². The normalized spacial score (nSPS) is 29.0. The Hall–Kier alpha value is -1.50. The smallest absolute Gasteiger partial charge is 0.281 e. The predicted octanol–water partition coefficient (Wildman–Crippen LogP) is 0.124. The van der Waals surface area contributed by atoms with Crippen LogP contribution in [0.2, 0.25) is 0 Å². The summed E-state index contributed by atoms with van der Waals surface area (Å²) in [5.41, 5.74) is 1.38. The van der Waals surface area contributed by atoms with Crippen LogP contribution in [0.5, 0.6) is 0 Å². The topological polar surface area (TPSA) is 80.4 Å². The Kier molecular flexibility index (Phi) is 2.19. The van der Waals surface area contributed by atoms with E-state index in [9.17, 15) is 10.2 Å². The minimum atomic E-state index is -1.72. The Morgan fingerprint density at radius 1 is 1.53 bits per heavy atom. The van der Waals surface area contributed by atoms with E-state index in [0.29, 0.717) is 18.7 Å². The van der Waals surface area contributed by atoms with Crippen molar-refractivity contribution in [1.82, 2.24) is 14.5 Å². The Morgan fingerprint density at radius 2 is 2.35 bits per heavy atom. The molecule has 0 aliphatic carbocycles. The standard InChI is InChI=1S/C11H13N3O3/c1-7-8-2-4-14(10(8)13-6-12-7)11(16)9(15)3-5-17-11/h2,4,6,9,15-16H,3,5H2,1H3. The van der Waals surface area contributed by atoms with Gasteiger partial charge in [-0.3, -0.25) is 4.57 Å². The summed E-state index contributed by atoms with van der Waals surface area (Å²) >= 11 is 0. The summed E-state index contributed by atoms with van der Waals surface area (Å²) in [6, 6.07) is 1.80. The van der Waals surface area contributed by atoms with Crippen molar-refractivity contribution < 1.29 is 14.9 Å². The molecule has 1 saturated heterocycles. The molecule has 3 rings (SSSR count). The third kappa shape index (κ3) is 1.38. The first-order chi connectivity index (χ1) is 8.13. The fourth-order valence-electron chi connectivity index (χ4n) is 2.17. The molecule has 0 saturated carbocycles. The monoisotopic (exact) mass is 235 g/mol. The molecular weight excluding hydrogens is 222 g/mol. The largest absolute Gasteiger partial charge is 0.385 e. The number of hydrogen-bond donors (Lipinski definition) is 2. The maximum Gasteiger partial charge on any atom is 0.281 e. The molecule has 6 nitrogen and oxygen atoms in total. The van der Waals surface area contributed by atoms with Crippen molar-refractivity contribution in [3.05, 3.63) is 24.3 Å². The van der Waals surface area contributed by atoms with Crippen LogP contribution in [0, 0.1) is 6.92 Å². The van der Waals surface area contributed by atoms with E-state index in [4.69, 9.17) is 4.74 Å². The zero-order valence-corrected chi connectivity index (χ0v) is 9.37. The van der Waals surface area contributed by atoms with E-state index in [1.807, 2.05) is 6.92 Å². The maximum absolute atomic E-state index is 10.3. The van der Waals surface area contributed by atoms with Gasteiger partial charge in [-0.25, -0.2) is 9.97 Å². The molecule has 2 aromatic heterocycles. The lowest BCUT2D eigenvalue weighted by Crippen LogP contribution is -2.41. The number of hydrogen-bond acceptors (Lipinski definition) is 5. The summed E-state index contributed by atoms with van der Waals surface area (Å²) in [6.07, 6.45) is 2.54. The van der Waals surface area contributed by atoms with Gasteiger partial charge in [0.1, 0.15) is 18.1 Å². The number of aromatic nitrogens is 3. The van der Waals surface area contributed by atoms with Crippen molar-refractivity contribution in [3.8, 4) is 0 Å². The van der Waals surface area contributed by atoms with Crippen molar-refractivity contribution >= 4 is 11.0 Å². The number of nitrogens with zero attached hydrogens (tertiary/aromatic N) is 3. The quantitative estimate of drug-likeness (QED) is 0.734. The second kappa shape index (κ2) is 3.49. The number of aryl methyl sites for hydroxylation is 1. The van der Waals surface area contributed by atoms with Crippen LogP contribution >= 0.6 is 0 Å². The van der Waals surface area contributed by atoms with Crippen LogP contribution in [-0.2, 0) is 10.6 Å². The molecular formula is C11H13N3O3. The number of aliphatic hydroxyl groups is 2. The molecule has 2 aromatic rings. The Morgan fingerprint density at radius 3 is 3.06 bits per heavy atom. The molecule has 0 aromatic carbocycles. The summed E-state index contributed by atoms with van der Waals surface area (Å²) in [5, 5.41) is 21.0. The first kappa shape index (κ1) is 10.6. The van der Waals surface area contributed by atoms with Crippen molar-refractivity contribution in [1.29, 1.82) is 0 Å². The molecule has 17 heavy (non-hydrogen) atoms. The van der Waals surface area contributed by atoms with Gasteiger partial charge in [-0.15, -0.1) is 0 Å². The fraction of sp³-hybridized carbons (Fsp3) is 0.455. The third-order valence-corrected chi connectivity index (χ3v) is 3.17. The molecule has 2 unspecified atom stereocenters. The number of ether oxygens (including phenoxy) is 1. The van der Waals surface area contributed by atoms with Gasteiger partial charge >= 0.3 is 0 Å². The number of aliphatic hydroxyl groups excluding tert-OH is 1. The average Bonchev–Trinajstić information content (AvgIpc) is 2.86. The summed E-state index contributed by atoms with van der Waals surface area (Å²) < 4.78 is 6.71. The van der Waals surface area contributed by atoms with E-state index in [1.165, 1.54) is 10.9 Å². The van der Waals surface area contributed by atoms with E-state index < -0.39 is 12.0 Å². The lowest BCUT2D eigenvalue weighted by Gasteiger charge is -2.27. The van der Waals surface area contributed by atoms with Gasteiger partial charge in [0.25, 0.3) is 5.91 Å². The first-order valence-corrected chi connectivity index (χ1v) is 5.46. The second-order valence-electron chi connectivity index (χ2n) is 4.19. The van der Waals surface area contributed by atoms with Gasteiger partial charge in [0.2, 0.25) is 0 Å². The Bertz CT molecular complexity index is 568. The predicted molar refractivity (Wildman–Crippen MR) is 59.0 cm³/mol. The van der Waals surface area contributed by atoms with Gasteiger partial charge in [0, 0.05) is 18.0 Å². The fourth-order valence-corrected chi connectivity index (χ4v) is 2.17. The van der Waals surface area contributed by atoms with E-state index >= 15 is 0 Å². The van der Waals surface area contributed by atoms with Crippen LogP contribution in [0.4, 0.5) is 0 Å². The highest BCUT2D eigenvalue weighted by molar-refractivity contribution is 5.78. The highest BCUT2D eigenvalue weighted by Gasteiger charge is 2.44. The van der Waals surface area contributed by atoms with Crippen LogP contribution in [0.15, 0.2) is 18.6 Å². The van der Waals surface area contributed by atoms with Crippen molar-refractivity contribution in [2.75, 3.05) is 6.61 Å². The van der Waals surface area contributed by atoms with Crippen molar-refractivity contribution in [3.63, 3.8) is 0 Å². The van der Waals surface area contributed by atoms with Gasteiger partial charge in [0.15, 0.2) is 0 Å². The van der Waals surface area contributed by atoms with Crippen LogP contribution in [-0.4, -0.2) is 37.5 Å². The average molecular weight is 235 g/mol. The first-order valence-electron chi connectivity index (χ1n) is 5.46. The van der Waals surface area contributed by atoms with Crippen LogP contribution in [0.1, 0.15) is 12.1 Å². The Balaban J connectivity index is 2.21. The molecule has 0 bridgehead atoms. The highest BCUT2D eigenvalue weighted by atomic mass is 16.7. The van der Waals surface area contributed by atoms with Gasteiger partial charge in [-0.1, -0.05) is 0 Å². The lowest BCUT2D eigenvalue weighted by atomic mass is 10.2. The van der Waals surface area contributed by atoms with Crippen LogP contribution in [0.25, 0.3) is 11.0 Å². The van der Waals surface area contributed by atoms with Gasteiger partial charge in [-0.05, 0) is 13.0 Å². The maximum atomic E-state index is 10.3. The van der Waals surface area contributed by atoms with Crippen molar-refractivity contribution in [2.24, 2.45) is 0 Å². The molecule has 1 aliphatic rings. The molecule has 6 heteroatoms. The zero-order valence-electron chi connectivity index (χ0n) is 9.37. The second-order valence-corrected chi connectivity index (χ2v) is 4.19. The number of fused-ring (bicyclic) bond motifs is 1. The van der Waals surface area contributed by atoms with E-state index in [-0.39, 0.29) is 0 Å². The molecule has 90 valence electrons. The van der Waals surface area contributed by atoms with E-state index in [2.05, 4.69) is 9.97 Å². The number of rotatable bonds is 1. The van der Waals surface area contributed by atoms with E-state index in [1.54, 1.807) is 12.3 Å². The molecule has 2 N–H and O–H groups in total. The highest BCUT2D eigenvalue weighted by Crippen LogP contribution is 2.31. The zero-order chi connectivity index (χ0) is 12.0. The molecule has 3 heterocycles. The molecule has 2 atom stereocenters. The van der Waals surface area contributed by atoms with Crippen LogP contribution in [0.3, 0.4) is 0 Å². The summed E-state index contributed by atoms with van der Waals surface area (Å²) in [6.45, 7) is 2.19. The summed E-state index contributed by atoms with van der Waals surface area (Å²) in [4.78, 5) is 8.21. The lowest BCUT2D eigenvalue weighted by molar-refractivity contribution is -0.271. The van der Waals surface area contributed by atoms with Gasteiger partial charge < -0.3 is 14.9 Å². The molecule has 1 aliphatic heterocycles. The van der Waals surface area contributed by atoms with Crippen molar-refractivity contribution in [2.45, 2.75) is 25.4 Å². The minimum absolute atomic E-state index is 0.321. The molecule has 0 radical (unpaired) electrons. The minimum Gasteiger partial charge on any atom is -0.385 e. The SMILES string of the molecule is Cc1ncnc2c1ccn2C1(O)OCCC1O. The van der Waals surface area contributed by atoms with E-state index in [0.717, 1.165) is 11.1 Å². The third-order valence-electron chi connectivity index (χ3n) is 3.17. The molecule has 0 amide bonds. The summed E-state index contributed by atoms with van der Waals surface area (Å²) in [5.74, 6) is -1.72. The Labute approximate surface area is 97.5 Å². The van der Waals surface area contributed by atoms with Crippen LogP contribution < -0.4 is 0 Å². The summed E-state index contributed by atoms with van der Waals surface area (Å²) in [7, 11) is 0. The van der Waals surface area contributed by atoms with Gasteiger partial charge in [-0.2, -0.15) is 0 Å². The molecule has 0 spiro atoms.